The molecule has 1 aliphatic heterocycles. The molecule has 0 unspecified atom stereocenters. The quantitative estimate of drug-likeness (QED) is 0.905. The molecule has 1 aliphatic rings. The molecule has 21 heavy (non-hydrogen) atoms. The molecule has 1 amide bonds. The molecule has 0 saturated carbocycles. The summed E-state index contributed by atoms with van der Waals surface area (Å²) >= 11 is 6.10. The van der Waals surface area contributed by atoms with E-state index in [-0.39, 0.29) is 12.6 Å². The van der Waals surface area contributed by atoms with Crippen molar-refractivity contribution in [2.75, 3.05) is 12.1 Å². The Hall–Kier alpha value is -2.28. The number of carbonyl (C=O) groups is 1. The van der Waals surface area contributed by atoms with Crippen molar-refractivity contribution < 1.29 is 14.3 Å². The number of amides is 1. The molecule has 110 valence electrons. The van der Waals surface area contributed by atoms with E-state index in [1.165, 1.54) is 0 Å². The van der Waals surface area contributed by atoms with Crippen LogP contribution in [0.25, 0.3) is 0 Å². The third kappa shape index (κ3) is 2.78. The zero-order valence-corrected chi connectivity index (χ0v) is 12.0. The summed E-state index contributed by atoms with van der Waals surface area (Å²) in [6.07, 6.45) is 1.66. The second kappa shape index (κ2) is 5.61. The van der Waals surface area contributed by atoms with E-state index in [1.807, 2.05) is 6.92 Å². The average Bonchev–Trinajstić information content (AvgIpc) is 3.08. The maximum absolute atomic E-state index is 12.1. The van der Waals surface area contributed by atoms with E-state index in [1.54, 1.807) is 12.1 Å². The summed E-state index contributed by atoms with van der Waals surface area (Å²) in [5.74, 6) is 1.42. The van der Waals surface area contributed by atoms with Crippen LogP contribution in [0.1, 0.15) is 29.8 Å². The third-order valence-corrected chi connectivity index (χ3v) is 3.24. The van der Waals surface area contributed by atoms with Crippen LogP contribution >= 0.6 is 11.6 Å². The number of benzene rings is 1. The number of fused-ring (bicyclic) bond motifs is 1. The fourth-order valence-electron chi connectivity index (χ4n) is 1.94. The van der Waals surface area contributed by atoms with Crippen molar-refractivity contribution in [3.63, 3.8) is 0 Å². The Labute approximate surface area is 125 Å². The molecule has 2 aromatic rings. The number of anilines is 1. The summed E-state index contributed by atoms with van der Waals surface area (Å²) < 4.78 is 10.5. The summed E-state index contributed by atoms with van der Waals surface area (Å²) in [4.78, 5) is 16.2. The third-order valence-electron chi connectivity index (χ3n) is 2.93. The van der Waals surface area contributed by atoms with Gasteiger partial charge in [0.25, 0.3) is 5.91 Å². The van der Waals surface area contributed by atoms with Crippen molar-refractivity contribution in [2.45, 2.75) is 19.8 Å². The molecular weight excluding hydrogens is 296 g/mol. The van der Waals surface area contributed by atoms with Crippen molar-refractivity contribution in [1.29, 1.82) is 0 Å². The van der Waals surface area contributed by atoms with Gasteiger partial charge in [0.15, 0.2) is 11.5 Å². The second-order valence-electron chi connectivity index (χ2n) is 4.50. The Kier molecular flexibility index (Phi) is 3.66. The number of rotatable bonds is 4. The number of H-pyrrole nitrogens is 1. The molecule has 7 nitrogen and oxygen atoms in total. The standard InChI is InChI=1S/C13H13ClN4O3/c1-2-3-11-16-12(18-17-11)13(19)15-8-5-10-9(4-7(8)14)20-6-21-10/h4-5H,2-3,6H2,1H3,(H,15,19)(H,16,17,18). The number of aromatic nitrogens is 3. The molecule has 1 aromatic heterocycles. The molecule has 1 aromatic carbocycles. The van der Waals surface area contributed by atoms with E-state index in [2.05, 4.69) is 20.5 Å². The molecular formula is C13H13ClN4O3. The number of nitrogens with zero attached hydrogens (tertiary/aromatic N) is 2. The summed E-state index contributed by atoms with van der Waals surface area (Å²) in [6, 6.07) is 3.21. The SMILES string of the molecule is CCCc1nc(C(=O)Nc2cc3c(cc2Cl)OCO3)n[nH]1. The van der Waals surface area contributed by atoms with E-state index in [0.717, 1.165) is 12.8 Å². The molecule has 0 spiro atoms. The van der Waals surface area contributed by atoms with Crippen LogP contribution in [0.4, 0.5) is 5.69 Å². The van der Waals surface area contributed by atoms with Crippen molar-refractivity contribution in [1.82, 2.24) is 15.2 Å². The van der Waals surface area contributed by atoms with Crippen LogP contribution in [0, 0.1) is 0 Å². The van der Waals surface area contributed by atoms with Crippen LogP contribution < -0.4 is 14.8 Å². The van der Waals surface area contributed by atoms with Gasteiger partial charge in [0.2, 0.25) is 12.6 Å². The van der Waals surface area contributed by atoms with Crippen LogP contribution in [0.3, 0.4) is 0 Å². The normalized spacial score (nSPS) is 12.5. The monoisotopic (exact) mass is 308 g/mol. The zero-order chi connectivity index (χ0) is 14.8. The summed E-state index contributed by atoms with van der Waals surface area (Å²) in [6.45, 7) is 2.17. The van der Waals surface area contributed by atoms with Crippen molar-refractivity contribution in [3.8, 4) is 11.5 Å². The maximum Gasteiger partial charge on any atom is 0.295 e. The predicted molar refractivity (Wildman–Crippen MR) is 75.9 cm³/mol. The van der Waals surface area contributed by atoms with Crippen LogP contribution in [-0.4, -0.2) is 27.9 Å². The number of ether oxygens (including phenoxy) is 2. The van der Waals surface area contributed by atoms with Gasteiger partial charge in [0.05, 0.1) is 10.7 Å². The molecule has 0 atom stereocenters. The molecule has 0 radical (unpaired) electrons. The minimum atomic E-state index is -0.436. The molecule has 0 saturated heterocycles. The van der Waals surface area contributed by atoms with Crippen LogP contribution in [-0.2, 0) is 6.42 Å². The van der Waals surface area contributed by atoms with Gasteiger partial charge in [-0.3, -0.25) is 9.89 Å². The first-order chi connectivity index (χ1) is 10.2. The highest BCUT2D eigenvalue weighted by atomic mass is 35.5. The van der Waals surface area contributed by atoms with E-state index < -0.39 is 5.91 Å². The van der Waals surface area contributed by atoms with Crippen molar-refractivity contribution in [2.24, 2.45) is 0 Å². The molecule has 2 N–H and O–H groups in total. The molecule has 3 rings (SSSR count). The number of hydrogen-bond donors (Lipinski definition) is 2. The minimum absolute atomic E-state index is 0.0761. The van der Waals surface area contributed by atoms with Gasteiger partial charge in [-0.1, -0.05) is 18.5 Å². The lowest BCUT2D eigenvalue weighted by Gasteiger charge is -2.06. The molecule has 2 heterocycles. The van der Waals surface area contributed by atoms with Gasteiger partial charge in [-0.05, 0) is 6.42 Å². The van der Waals surface area contributed by atoms with Gasteiger partial charge < -0.3 is 14.8 Å². The summed E-state index contributed by atoms with van der Waals surface area (Å²) in [5, 5.41) is 9.63. The highest BCUT2D eigenvalue weighted by molar-refractivity contribution is 6.34. The highest BCUT2D eigenvalue weighted by Crippen LogP contribution is 2.39. The zero-order valence-electron chi connectivity index (χ0n) is 11.3. The molecule has 0 fully saturated rings. The van der Waals surface area contributed by atoms with Gasteiger partial charge in [-0.25, -0.2) is 4.98 Å². The minimum Gasteiger partial charge on any atom is -0.454 e. The number of carbonyl (C=O) groups excluding carboxylic acids is 1. The Balaban J connectivity index is 1.78. The van der Waals surface area contributed by atoms with E-state index >= 15 is 0 Å². The van der Waals surface area contributed by atoms with Gasteiger partial charge in [-0.2, -0.15) is 0 Å². The first kappa shape index (κ1) is 13.7. The lowest BCUT2D eigenvalue weighted by Crippen LogP contribution is -2.14. The fourth-order valence-corrected chi connectivity index (χ4v) is 2.14. The number of nitrogens with one attached hydrogen (secondary N) is 2. The average molecular weight is 309 g/mol. The predicted octanol–water partition coefficient (Wildman–Crippen LogP) is 2.39. The smallest absolute Gasteiger partial charge is 0.295 e. The number of aryl methyl sites for hydroxylation is 1. The Bertz CT molecular complexity index is 686. The Morgan fingerprint density at radius 2 is 2.19 bits per heavy atom. The first-order valence-corrected chi connectivity index (χ1v) is 6.87. The van der Waals surface area contributed by atoms with Crippen molar-refractivity contribution in [3.05, 3.63) is 28.8 Å². The lowest BCUT2D eigenvalue weighted by molar-refractivity contribution is 0.101. The van der Waals surface area contributed by atoms with Crippen LogP contribution in [0.2, 0.25) is 5.02 Å². The van der Waals surface area contributed by atoms with Gasteiger partial charge >= 0.3 is 0 Å². The van der Waals surface area contributed by atoms with E-state index in [0.29, 0.717) is 28.0 Å². The van der Waals surface area contributed by atoms with Gasteiger partial charge in [0.1, 0.15) is 5.82 Å². The van der Waals surface area contributed by atoms with Gasteiger partial charge in [0, 0.05) is 18.6 Å². The summed E-state index contributed by atoms with van der Waals surface area (Å²) in [5.41, 5.74) is 0.424. The van der Waals surface area contributed by atoms with E-state index in [4.69, 9.17) is 21.1 Å². The van der Waals surface area contributed by atoms with Crippen LogP contribution in [0.5, 0.6) is 11.5 Å². The fraction of sp³-hybridized carbons (Fsp3) is 0.308. The Morgan fingerprint density at radius 3 is 2.95 bits per heavy atom. The van der Waals surface area contributed by atoms with Crippen molar-refractivity contribution >= 4 is 23.2 Å². The molecule has 8 heteroatoms. The first-order valence-electron chi connectivity index (χ1n) is 6.49. The topological polar surface area (TPSA) is 89.1 Å². The number of hydrogen-bond acceptors (Lipinski definition) is 5. The number of halogens is 1. The Morgan fingerprint density at radius 1 is 1.43 bits per heavy atom. The summed E-state index contributed by atoms with van der Waals surface area (Å²) in [7, 11) is 0. The highest BCUT2D eigenvalue weighted by Gasteiger charge is 2.19. The molecule has 0 aliphatic carbocycles. The molecule has 0 bridgehead atoms. The second-order valence-corrected chi connectivity index (χ2v) is 4.90. The maximum atomic E-state index is 12.1. The number of aromatic amines is 1. The van der Waals surface area contributed by atoms with Gasteiger partial charge in [-0.15, -0.1) is 5.10 Å². The van der Waals surface area contributed by atoms with Crippen LogP contribution in [0.15, 0.2) is 12.1 Å². The lowest BCUT2D eigenvalue weighted by atomic mass is 10.2. The largest absolute Gasteiger partial charge is 0.454 e. The van der Waals surface area contributed by atoms with E-state index in [9.17, 15) is 4.79 Å².